The van der Waals surface area contributed by atoms with Crippen LogP contribution in [0.3, 0.4) is 0 Å². The van der Waals surface area contributed by atoms with Gasteiger partial charge in [-0.25, -0.2) is 18.7 Å². The molecule has 1 aromatic carbocycles. The Kier molecular flexibility index (Phi) is 4.98. The second-order valence-electron chi connectivity index (χ2n) is 5.72. The normalized spacial score (nSPS) is 15.0. The van der Waals surface area contributed by atoms with Gasteiger partial charge in [-0.1, -0.05) is 18.9 Å². The highest BCUT2D eigenvalue weighted by Gasteiger charge is 2.16. The molecule has 1 amide bonds. The van der Waals surface area contributed by atoms with Crippen LogP contribution in [0, 0.1) is 11.6 Å². The number of rotatable bonds is 3. The summed E-state index contributed by atoms with van der Waals surface area (Å²) >= 11 is 0. The Bertz CT molecular complexity index is 693. The van der Waals surface area contributed by atoms with Crippen molar-refractivity contribution in [2.24, 2.45) is 0 Å². The number of nitrogens with one attached hydrogen (secondary N) is 1. The highest BCUT2D eigenvalue weighted by atomic mass is 19.1. The molecule has 0 aliphatic carbocycles. The molecule has 7 heteroatoms. The zero-order chi connectivity index (χ0) is 16.9. The minimum atomic E-state index is -0.828. The van der Waals surface area contributed by atoms with Crippen molar-refractivity contribution in [1.29, 1.82) is 0 Å². The molecule has 1 fully saturated rings. The summed E-state index contributed by atoms with van der Waals surface area (Å²) in [4.78, 5) is 22.6. The maximum absolute atomic E-state index is 13.6. The third-order valence-corrected chi connectivity index (χ3v) is 3.99. The van der Waals surface area contributed by atoms with Crippen LogP contribution in [0.5, 0.6) is 0 Å². The zero-order valence-corrected chi connectivity index (χ0v) is 13.1. The fourth-order valence-corrected chi connectivity index (χ4v) is 2.68. The quantitative estimate of drug-likeness (QED) is 0.936. The van der Waals surface area contributed by atoms with Crippen LogP contribution in [-0.4, -0.2) is 29.0 Å². The molecule has 0 atom stereocenters. The molecule has 2 aromatic rings. The lowest BCUT2D eigenvalue weighted by Gasteiger charge is -2.19. The fourth-order valence-electron chi connectivity index (χ4n) is 2.68. The molecule has 0 radical (unpaired) electrons. The first-order valence-corrected chi connectivity index (χ1v) is 7.97. The number of carbonyl (C=O) groups is 1. The second kappa shape index (κ2) is 7.33. The number of aromatic nitrogens is 2. The molecular formula is C17H18F2N4O. The predicted molar refractivity (Wildman–Crippen MR) is 87.0 cm³/mol. The number of para-hydroxylation sites is 1. The first kappa shape index (κ1) is 16.3. The van der Waals surface area contributed by atoms with Crippen molar-refractivity contribution in [3.8, 4) is 0 Å². The summed E-state index contributed by atoms with van der Waals surface area (Å²) < 4.78 is 27.2. The lowest BCUT2D eigenvalue weighted by molar-refractivity contribution is 0.102. The average molecular weight is 332 g/mol. The van der Waals surface area contributed by atoms with Gasteiger partial charge in [0, 0.05) is 25.5 Å². The maximum atomic E-state index is 13.6. The molecule has 1 aliphatic rings. The summed E-state index contributed by atoms with van der Waals surface area (Å²) in [5.74, 6) is -1.73. The Labute approximate surface area is 138 Å². The van der Waals surface area contributed by atoms with Crippen LogP contribution in [0.25, 0.3) is 0 Å². The average Bonchev–Trinajstić information content (AvgIpc) is 2.88. The van der Waals surface area contributed by atoms with E-state index in [0.717, 1.165) is 38.1 Å². The van der Waals surface area contributed by atoms with E-state index >= 15 is 0 Å². The molecular weight excluding hydrogens is 314 g/mol. The second-order valence-corrected chi connectivity index (χ2v) is 5.72. The smallest absolute Gasteiger partial charge is 0.258 e. The van der Waals surface area contributed by atoms with Crippen LogP contribution in [-0.2, 0) is 0 Å². The minimum absolute atomic E-state index is 0.149. The van der Waals surface area contributed by atoms with Gasteiger partial charge in [-0.2, -0.15) is 0 Å². The summed E-state index contributed by atoms with van der Waals surface area (Å²) in [7, 11) is 0. The number of anilines is 2. The Morgan fingerprint density at radius 1 is 1.00 bits per heavy atom. The monoisotopic (exact) mass is 332 g/mol. The Hall–Kier alpha value is -2.57. The van der Waals surface area contributed by atoms with Gasteiger partial charge in [0.05, 0.1) is 5.56 Å². The lowest BCUT2D eigenvalue weighted by atomic mass is 10.2. The van der Waals surface area contributed by atoms with Gasteiger partial charge >= 0.3 is 0 Å². The van der Waals surface area contributed by atoms with Gasteiger partial charge in [0.2, 0.25) is 5.95 Å². The standard InChI is InChI=1S/C17H18F2N4O/c18-13-6-5-7-14(19)15(13)22-16(24)12-10-20-17(21-11-12)23-8-3-1-2-4-9-23/h5-7,10-11H,1-4,8-9H2,(H,22,24). The molecule has 0 spiro atoms. The van der Waals surface area contributed by atoms with E-state index < -0.39 is 23.2 Å². The molecule has 2 heterocycles. The number of benzene rings is 1. The first-order chi connectivity index (χ1) is 11.6. The van der Waals surface area contributed by atoms with Crippen molar-refractivity contribution >= 4 is 17.5 Å². The molecule has 1 aliphatic heterocycles. The van der Waals surface area contributed by atoms with E-state index in [1.165, 1.54) is 31.3 Å². The van der Waals surface area contributed by atoms with E-state index in [-0.39, 0.29) is 5.56 Å². The topological polar surface area (TPSA) is 58.1 Å². The van der Waals surface area contributed by atoms with Crippen molar-refractivity contribution < 1.29 is 13.6 Å². The molecule has 126 valence electrons. The van der Waals surface area contributed by atoms with E-state index in [9.17, 15) is 13.6 Å². The maximum Gasteiger partial charge on any atom is 0.258 e. The van der Waals surface area contributed by atoms with Crippen LogP contribution >= 0.6 is 0 Å². The molecule has 1 saturated heterocycles. The molecule has 1 aromatic heterocycles. The molecule has 3 rings (SSSR count). The third-order valence-electron chi connectivity index (χ3n) is 3.99. The number of hydrogen-bond donors (Lipinski definition) is 1. The van der Waals surface area contributed by atoms with E-state index in [1.807, 2.05) is 0 Å². The Balaban J connectivity index is 1.72. The molecule has 0 saturated carbocycles. The number of carbonyl (C=O) groups excluding carboxylic acids is 1. The fraction of sp³-hybridized carbons (Fsp3) is 0.353. The zero-order valence-electron chi connectivity index (χ0n) is 13.1. The van der Waals surface area contributed by atoms with Gasteiger partial charge in [0.15, 0.2) is 0 Å². The third kappa shape index (κ3) is 3.67. The summed E-state index contributed by atoms with van der Waals surface area (Å²) in [6, 6.07) is 3.40. The molecule has 1 N–H and O–H groups in total. The van der Waals surface area contributed by atoms with Crippen molar-refractivity contribution in [2.45, 2.75) is 25.7 Å². The van der Waals surface area contributed by atoms with Gasteiger partial charge < -0.3 is 10.2 Å². The number of halogens is 2. The largest absolute Gasteiger partial charge is 0.341 e. The summed E-state index contributed by atoms with van der Waals surface area (Å²) in [5.41, 5.74) is -0.324. The first-order valence-electron chi connectivity index (χ1n) is 7.97. The Morgan fingerprint density at radius 2 is 1.58 bits per heavy atom. The van der Waals surface area contributed by atoms with Crippen LogP contribution in [0.1, 0.15) is 36.0 Å². The van der Waals surface area contributed by atoms with Gasteiger partial charge in [-0.3, -0.25) is 4.79 Å². The highest BCUT2D eigenvalue weighted by molar-refractivity contribution is 6.04. The van der Waals surface area contributed by atoms with Crippen LogP contribution in [0.2, 0.25) is 0 Å². The van der Waals surface area contributed by atoms with Gasteiger partial charge in [-0.05, 0) is 25.0 Å². The van der Waals surface area contributed by atoms with Gasteiger partial charge in [0.1, 0.15) is 17.3 Å². The van der Waals surface area contributed by atoms with E-state index in [1.54, 1.807) is 0 Å². The summed E-state index contributed by atoms with van der Waals surface area (Å²) in [6.07, 6.45) is 7.34. The van der Waals surface area contributed by atoms with Crippen LogP contribution in [0.4, 0.5) is 20.4 Å². The minimum Gasteiger partial charge on any atom is -0.341 e. The van der Waals surface area contributed by atoms with Crippen molar-refractivity contribution in [3.63, 3.8) is 0 Å². The van der Waals surface area contributed by atoms with E-state index in [0.29, 0.717) is 5.95 Å². The highest BCUT2D eigenvalue weighted by Crippen LogP contribution is 2.19. The van der Waals surface area contributed by atoms with Gasteiger partial charge in [0.25, 0.3) is 5.91 Å². The molecule has 0 unspecified atom stereocenters. The predicted octanol–water partition coefficient (Wildman–Crippen LogP) is 3.39. The van der Waals surface area contributed by atoms with Crippen LogP contribution in [0.15, 0.2) is 30.6 Å². The van der Waals surface area contributed by atoms with Crippen molar-refractivity contribution in [3.05, 3.63) is 47.8 Å². The van der Waals surface area contributed by atoms with E-state index in [2.05, 4.69) is 20.2 Å². The summed E-state index contributed by atoms with van der Waals surface area (Å²) in [5, 5.41) is 2.22. The van der Waals surface area contributed by atoms with Crippen LogP contribution < -0.4 is 10.2 Å². The van der Waals surface area contributed by atoms with E-state index in [4.69, 9.17) is 0 Å². The molecule has 0 bridgehead atoms. The number of nitrogens with zero attached hydrogens (tertiary/aromatic N) is 3. The lowest BCUT2D eigenvalue weighted by Crippen LogP contribution is -2.26. The van der Waals surface area contributed by atoms with Crippen molar-refractivity contribution in [1.82, 2.24) is 9.97 Å². The molecule has 24 heavy (non-hydrogen) atoms. The van der Waals surface area contributed by atoms with Crippen molar-refractivity contribution in [2.75, 3.05) is 23.3 Å². The number of hydrogen-bond acceptors (Lipinski definition) is 4. The number of amides is 1. The molecule has 5 nitrogen and oxygen atoms in total. The Morgan fingerprint density at radius 3 is 2.17 bits per heavy atom. The summed E-state index contributed by atoms with van der Waals surface area (Å²) in [6.45, 7) is 1.79. The SMILES string of the molecule is O=C(Nc1c(F)cccc1F)c1cnc(N2CCCCCC2)nc1. The van der Waals surface area contributed by atoms with Gasteiger partial charge in [-0.15, -0.1) is 0 Å².